The Kier molecular flexibility index (Phi) is 3.56. The van der Waals surface area contributed by atoms with Gasteiger partial charge in [-0.3, -0.25) is 0 Å². The first-order valence-corrected chi connectivity index (χ1v) is 8.54. The zero-order valence-electron chi connectivity index (χ0n) is 9.29. The fourth-order valence-corrected chi connectivity index (χ4v) is 2.61. The smallest absolute Gasteiger partial charge is 0.241 e. The van der Waals surface area contributed by atoms with Crippen molar-refractivity contribution >= 4 is 8.32 Å². The van der Waals surface area contributed by atoms with Gasteiger partial charge < -0.3 is 9.53 Å². The molecule has 0 aromatic heterocycles. The molecule has 0 fully saturated rings. The summed E-state index contributed by atoms with van der Waals surface area (Å²) >= 11 is 0. The van der Waals surface area contributed by atoms with E-state index in [0.717, 1.165) is 18.6 Å². The first-order valence-electron chi connectivity index (χ1n) is 5.14. The highest BCUT2D eigenvalue weighted by atomic mass is 28.4. The maximum absolute atomic E-state index is 9.70. The summed E-state index contributed by atoms with van der Waals surface area (Å²) in [5.74, 6) is 1.12. The quantitative estimate of drug-likeness (QED) is 0.573. The highest BCUT2D eigenvalue weighted by molar-refractivity contribution is 6.70. The van der Waals surface area contributed by atoms with Crippen molar-refractivity contribution in [1.29, 1.82) is 0 Å². The van der Waals surface area contributed by atoms with Crippen LogP contribution in [-0.4, -0.2) is 19.5 Å². The molecular formula is C11H20O2Si. The number of aliphatic hydroxyl groups is 1. The van der Waals surface area contributed by atoms with Crippen molar-refractivity contribution in [1.82, 2.24) is 0 Å². The molecule has 1 aliphatic rings. The van der Waals surface area contributed by atoms with Crippen molar-refractivity contribution in [2.75, 3.05) is 0 Å². The van der Waals surface area contributed by atoms with Crippen LogP contribution in [0.5, 0.6) is 0 Å². The summed E-state index contributed by atoms with van der Waals surface area (Å²) in [6.45, 7) is 10.1. The summed E-state index contributed by atoms with van der Waals surface area (Å²) in [4.78, 5) is 0. The fraction of sp³-hybridized carbons (Fsp3) is 0.636. The Morgan fingerprint density at radius 1 is 1.64 bits per heavy atom. The Hall–Kier alpha value is -0.543. The largest absolute Gasteiger partial charge is 0.547 e. The van der Waals surface area contributed by atoms with Crippen molar-refractivity contribution in [2.45, 2.75) is 38.6 Å². The lowest BCUT2D eigenvalue weighted by Crippen LogP contribution is -2.29. The molecule has 0 heterocycles. The summed E-state index contributed by atoms with van der Waals surface area (Å²) in [6.07, 6.45) is 5.23. The van der Waals surface area contributed by atoms with Crippen LogP contribution in [0.1, 0.15) is 12.8 Å². The molecule has 80 valence electrons. The van der Waals surface area contributed by atoms with E-state index in [-0.39, 0.29) is 5.92 Å². The van der Waals surface area contributed by atoms with Gasteiger partial charge in [-0.15, -0.1) is 6.58 Å². The minimum atomic E-state index is -1.54. The van der Waals surface area contributed by atoms with E-state index in [1.807, 2.05) is 0 Å². The zero-order chi connectivity index (χ0) is 10.8. The molecular weight excluding hydrogens is 192 g/mol. The molecule has 1 rings (SSSR count). The van der Waals surface area contributed by atoms with Crippen molar-refractivity contribution in [3.05, 3.63) is 24.5 Å². The standard InChI is InChI=1S/C11H20O2Si/c1-5-10(12)9-7-6-8-11(9)13-14(2,3)4/h5,8-10,12H,1,6-7H2,2-4H3/t9-,10-/m1/s1. The Bertz CT molecular complexity index is 240. The third-order valence-electron chi connectivity index (χ3n) is 2.27. The first kappa shape index (κ1) is 11.5. The topological polar surface area (TPSA) is 29.5 Å². The minimum Gasteiger partial charge on any atom is -0.547 e. The summed E-state index contributed by atoms with van der Waals surface area (Å²) in [6, 6.07) is 0. The van der Waals surface area contributed by atoms with Crippen LogP contribution in [-0.2, 0) is 4.43 Å². The second-order valence-electron chi connectivity index (χ2n) is 4.73. The molecule has 2 atom stereocenters. The number of hydrogen-bond donors (Lipinski definition) is 1. The van der Waals surface area contributed by atoms with Crippen LogP contribution >= 0.6 is 0 Å². The lowest BCUT2D eigenvalue weighted by atomic mass is 10.0. The van der Waals surface area contributed by atoms with E-state index in [1.54, 1.807) is 6.08 Å². The molecule has 1 aliphatic carbocycles. The van der Waals surface area contributed by atoms with Crippen LogP contribution in [0.3, 0.4) is 0 Å². The molecule has 0 saturated carbocycles. The monoisotopic (exact) mass is 212 g/mol. The van der Waals surface area contributed by atoms with Crippen molar-refractivity contribution in [2.24, 2.45) is 5.92 Å². The molecule has 14 heavy (non-hydrogen) atoms. The van der Waals surface area contributed by atoms with E-state index in [1.165, 1.54) is 0 Å². The predicted molar refractivity (Wildman–Crippen MR) is 61.4 cm³/mol. The van der Waals surface area contributed by atoms with Gasteiger partial charge >= 0.3 is 0 Å². The van der Waals surface area contributed by atoms with Gasteiger partial charge in [0.2, 0.25) is 8.32 Å². The molecule has 0 radical (unpaired) electrons. The van der Waals surface area contributed by atoms with Crippen LogP contribution in [0, 0.1) is 5.92 Å². The van der Waals surface area contributed by atoms with E-state index < -0.39 is 14.4 Å². The molecule has 0 spiro atoms. The van der Waals surface area contributed by atoms with E-state index in [2.05, 4.69) is 32.3 Å². The van der Waals surface area contributed by atoms with Crippen molar-refractivity contribution < 1.29 is 9.53 Å². The first-order chi connectivity index (χ1) is 6.44. The predicted octanol–water partition coefficient (Wildman–Crippen LogP) is 2.68. The lowest BCUT2D eigenvalue weighted by Gasteiger charge is -2.26. The number of aliphatic hydroxyl groups excluding tert-OH is 1. The Morgan fingerprint density at radius 2 is 2.29 bits per heavy atom. The molecule has 0 aliphatic heterocycles. The maximum Gasteiger partial charge on any atom is 0.241 e. The van der Waals surface area contributed by atoms with Gasteiger partial charge in [0, 0.05) is 5.92 Å². The maximum atomic E-state index is 9.70. The summed E-state index contributed by atoms with van der Waals surface area (Å²) in [5.41, 5.74) is 0. The second kappa shape index (κ2) is 4.32. The van der Waals surface area contributed by atoms with E-state index >= 15 is 0 Å². The molecule has 0 bridgehead atoms. The van der Waals surface area contributed by atoms with E-state index in [9.17, 15) is 5.11 Å². The van der Waals surface area contributed by atoms with Gasteiger partial charge in [-0.2, -0.15) is 0 Å². The van der Waals surface area contributed by atoms with Gasteiger partial charge in [-0.1, -0.05) is 6.08 Å². The summed E-state index contributed by atoms with van der Waals surface area (Å²) in [7, 11) is -1.54. The van der Waals surface area contributed by atoms with Crippen molar-refractivity contribution in [3.8, 4) is 0 Å². The Morgan fingerprint density at radius 3 is 2.79 bits per heavy atom. The normalized spacial score (nSPS) is 24.3. The molecule has 2 nitrogen and oxygen atoms in total. The van der Waals surface area contributed by atoms with Gasteiger partial charge in [0.15, 0.2) is 0 Å². The average molecular weight is 212 g/mol. The molecule has 0 aromatic carbocycles. The highest BCUT2D eigenvalue weighted by Crippen LogP contribution is 2.32. The van der Waals surface area contributed by atoms with Crippen LogP contribution in [0.15, 0.2) is 24.5 Å². The molecule has 0 unspecified atom stereocenters. The van der Waals surface area contributed by atoms with Gasteiger partial charge in [-0.05, 0) is 38.6 Å². The summed E-state index contributed by atoms with van der Waals surface area (Å²) in [5, 5.41) is 9.70. The number of hydrogen-bond acceptors (Lipinski definition) is 2. The molecule has 3 heteroatoms. The third kappa shape index (κ3) is 2.99. The van der Waals surface area contributed by atoms with Crippen LogP contribution in [0.4, 0.5) is 0 Å². The Labute approximate surface area is 87.4 Å². The molecule has 0 aromatic rings. The zero-order valence-corrected chi connectivity index (χ0v) is 10.3. The fourth-order valence-electron chi connectivity index (χ4n) is 1.67. The second-order valence-corrected chi connectivity index (χ2v) is 9.16. The van der Waals surface area contributed by atoms with Crippen LogP contribution in [0.2, 0.25) is 19.6 Å². The van der Waals surface area contributed by atoms with Gasteiger partial charge in [-0.25, -0.2) is 0 Å². The minimum absolute atomic E-state index is 0.138. The average Bonchev–Trinajstić information content (AvgIpc) is 2.48. The number of rotatable bonds is 4. The van der Waals surface area contributed by atoms with Gasteiger partial charge in [0.1, 0.15) is 0 Å². The molecule has 0 amide bonds. The van der Waals surface area contributed by atoms with Crippen LogP contribution < -0.4 is 0 Å². The molecule has 0 saturated heterocycles. The molecule has 1 N–H and O–H groups in total. The van der Waals surface area contributed by atoms with Crippen molar-refractivity contribution in [3.63, 3.8) is 0 Å². The van der Waals surface area contributed by atoms with E-state index in [4.69, 9.17) is 4.43 Å². The summed E-state index contributed by atoms with van der Waals surface area (Å²) < 4.78 is 5.93. The number of allylic oxidation sites excluding steroid dienone is 1. The van der Waals surface area contributed by atoms with E-state index in [0.29, 0.717) is 0 Å². The van der Waals surface area contributed by atoms with Gasteiger partial charge in [0.05, 0.1) is 11.9 Å². The Balaban J connectivity index is 2.64. The van der Waals surface area contributed by atoms with Crippen LogP contribution in [0.25, 0.3) is 0 Å². The SMILES string of the molecule is C=C[C@@H](O)[C@H]1CCC=C1O[Si](C)(C)C. The highest BCUT2D eigenvalue weighted by Gasteiger charge is 2.29. The third-order valence-corrected chi connectivity index (χ3v) is 3.11. The van der Waals surface area contributed by atoms with Gasteiger partial charge in [0.25, 0.3) is 0 Å². The lowest BCUT2D eigenvalue weighted by molar-refractivity contribution is 0.147.